The smallest absolute Gasteiger partial charge is 0.104 e. The maximum Gasteiger partial charge on any atom is 0.104 e. The van der Waals surface area contributed by atoms with Gasteiger partial charge in [0.15, 0.2) is 0 Å². The van der Waals surface area contributed by atoms with E-state index in [-0.39, 0.29) is 5.41 Å². The lowest BCUT2D eigenvalue weighted by Crippen LogP contribution is -2.19. The zero-order valence-electron chi connectivity index (χ0n) is 11.8. The molecule has 1 aliphatic rings. The average molecular weight is 267 g/mol. The molecule has 1 atom stereocenters. The number of aliphatic hydroxyl groups is 1. The van der Waals surface area contributed by atoms with Crippen molar-refractivity contribution in [2.45, 2.75) is 31.3 Å². The molecule has 2 nitrogen and oxygen atoms in total. The van der Waals surface area contributed by atoms with Gasteiger partial charge in [-0.05, 0) is 36.5 Å². The molecule has 0 heterocycles. The molecule has 1 saturated carbocycles. The highest BCUT2D eigenvalue weighted by Gasteiger charge is 2.42. The van der Waals surface area contributed by atoms with Gasteiger partial charge in [-0.15, -0.1) is 0 Å². The molecule has 0 saturated heterocycles. The van der Waals surface area contributed by atoms with Crippen LogP contribution in [0, 0.1) is 6.92 Å². The Hall–Kier alpha value is -1.64. The normalized spacial score (nSPS) is 17.8. The van der Waals surface area contributed by atoms with Gasteiger partial charge in [0.1, 0.15) is 6.10 Å². The number of benzene rings is 2. The second kappa shape index (κ2) is 5.04. The van der Waals surface area contributed by atoms with E-state index in [0.717, 1.165) is 11.1 Å². The van der Waals surface area contributed by atoms with E-state index in [1.165, 1.54) is 24.0 Å². The Morgan fingerprint density at radius 2 is 1.50 bits per heavy atom. The Balaban J connectivity index is 1.82. The number of rotatable bonds is 4. The van der Waals surface area contributed by atoms with Crippen LogP contribution in [0.2, 0.25) is 0 Å². The summed E-state index contributed by atoms with van der Waals surface area (Å²) in [7, 11) is 0. The average Bonchev–Trinajstić information content (AvgIpc) is 3.29. The van der Waals surface area contributed by atoms with E-state index < -0.39 is 6.10 Å². The monoisotopic (exact) mass is 267 g/mol. The molecule has 104 valence electrons. The first-order valence-electron chi connectivity index (χ1n) is 7.20. The highest BCUT2D eigenvalue weighted by Crippen LogP contribution is 2.47. The Morgan fingerprint density at radius 1 is 1.00 bits per heavy atom. The molecule has 0 aliphatic heterocycles. The minimum atomic E-state index is -0.558. The molecule has 2 heteroatoms. The molecule has 0 aromatic heterocycles. The van der Waals surface area contributed by atoms with Gasteiger partial charge in [-0.3, -0.25) is 0 Å². The maximum absolute atomic E-state index is 10.4. The molecule has 1 unspecified atom stereocenters. The van der Waals surface area contributed by atoms with Crippen LogP contribution in [0.25, 0.3) is 0 Å². The van der Waals surface area contributed by atoms with Gasteiger partial charge < -0.3 is 10.8 Å². The third-order valence-electron chi connectivity index (χ3n) is 4.48. The van der Waals surface area contributed by atoms with Crippen molar-refractivity contribution < 1.29 is 5.11 Å². The fourth-order valence-corrected chi connectivity index (χ4v) is 2.72. The summed E-state index contributed by atoms with van der Waals surface area (Å²) in [5.41, 5.74) is 10.4. The Labute approximate surface area is 120 Å². The van der Waals surface area contributed by atoms with Crippen LogP contribution >= 0.6 is 0 Å². The summed E-state index contributed by atoms with van der Waals surface area (Å²) in [6.07, 6.45) is 1.81. The van der Waals surface area contributed by atoms with Crippen LogP contribution in [-0.2, 0) is 5.41 Å². The summed E-state index contributed by atoms with van der Waals surface area (Å²) in [6, 6.07) is 16.3. The second-order valence-corrected chi connectivity index (χ2v) is 5.92. The van der Waals surface area contributed by atoms with Crippen molar-refractivity contribution in [2.24, 2.45) is 5.73 Å². The molecular weight excluding hydrogens is 246 g/mol. The van der Waals surface area contributed by atoms with Crippen LogP contribution in [0.1, 0.15) is 41.2 Å². The second-order valence-electron chi connectivity index (χ2n) is 5.92. The Bertz CT molecular complexity index is 582. The molecule has 2 aromatic rings. The molecule has 3 rings (SSSR count). The van der Waals surface area contributed by atoms with Crippen LogP contribution < -0.4 is 5.73 Å². The summed E-state index contributed by atoms with van der Waals surface area (Å²) in [4.78, 5) is 0. The van der Waals surface area contributed by atoms with Crippen molar-refractivity contribution in [1.82, 2.24) is 0 Å². The molecule has 1 aliphatic carbocycles. The Kier molecular flexibility index (Phi) is 3.36. The van der Waals surface area contributed by atoms with Gasteiger partial charge in [-0.2, -0.15) is 0 Å². The van der Waals surface area contributed by atoms with Gasteiger partial charge in [-0.25, -0.2) is 0 Å². The van der Waals surface area contributed by atoms with Crippen LogP contribution in [0.5, 0.6) is 0 Å². The van der Waals surface area contributed by atoms with Crippen molar-refractivity contribution in [3.8, 4) is 0 Å². The number of hydrogen-bond donors (Lipinski definition) is 2. The number of aryl methyl sites for hydroxylation is 1. The van der Waals surface area contributed by atoms with Gasteiger partial charge in [0.25, 0.3) is 0 Å². The first kappa shape index (κ1) is 13.3. The van der Waals surface area contributed by atoms with E-state index in [1.54, 1.807) is 0 Å². The molecule has 0 radical (unpaired) electrons. The molecule has 0 bridgehead atoms. The largest absolute Gasteiger partial charge is 0.384 e. The van der Waals surface area contributed by atoms with Gasteiger partial charge in [0.05, 0.1) is 0 Å². The molecular formula is C18H21NO. The predicted molar refractivity (Wildman–Crippen MR) is 81.6 cm³/mol. The van der Waals surface area contributed by atoms with Crippen LogP contribution in [0.3, 0.4) is 0 Å². The molecule has 1 fully saturated rings. The standard InChI is InChI=1S/C18H21NO/c1-13-2-4-14(5-3-13)17(20)15-6-8-16(9-7-15)18(12-19)10-11-18/h2-9,17,20H,10-12,19H2,1H3. The van der Waals surface area contributed by atoms with Crippen molar-refractivity contribution in [1.29, 1.82) is 0 Å². The fourth-order valence-electron chi connectivity index (χ4n) is 2.72. The number of nitrogens with two attached hydrogens (primary N) is 1. The van der Waals surface area contributed by atoms with E-state index >= 15 is 0 Å². The summed E-state index contributed by atoms with van der Waals surface area (Å²) in [5, 5.41) is 10.4. The lowest BCUT2D eigenvalue weighted by Gasteiger charge is -2.16. The number of aliphatic hydroxyl groups excluding tert-OH is 1. The van der Waals surface area contributed by atoms with Crippen LogP contribution in [-0.4, -0.2) is 11.7 Å². The quantitative estimate of drug-likeness (QED) is 0.894. The van der Waals surface area contributed by atoms with Gasteiger partial charge >= 0.3 is 0 Å². The van der Waals surface area contributed by atoms with E-state index in [2.05, 4.69) is 12.1 Å². The SMILES string of the molecule is Cc1ccc(C(O)c2ccc(C3(CN)CC3)cc2)cc1. The molecule has 0 amide bonds. The first-order valence-corrected chi connectivity index (χ1v) is 7.20. The summed E-state index contributed by atoms with van der Waals surface area (Å²) in [6.45, 7) is 2.76. The highest BCUT2D eigenvalue weighted by atomic mass is 16.3. The molecule has 2 aromatic carbocycles. The molecule has 0 spiro atoms. The predicted octanol–water partition coefficient (Wildman–Crippen LogP) is 3.07. The van der Waals surface area contributed by atoms with Gasteiger partial charge in [-0.1, -0.05) is 54.1 Å². The van der Waals surface area contributed by atoms with E-state index in [9.17, 15) is 5.11 Å². The summed E-state index contributed by atoms with van der Waals surface area (Å²) in [5.74, 6) is 0. The summed E-state index contributed by atoms with van der Waals surface area (Å²) >= 11 is 0. The summed E-state index contributed by atoms with van der Waals surface area (Å²) < 4.78 is 0. The van der Waals surface area contributed by atoms with Crippen molar-refractivity contribution in [3.05, 3.63) is 70.8 Å². The molecule has 3 N–H and O–H groups in total. The van der Waals surface area contributed by atoms with E-state index in [1.807, 2.05) is 43.3 Å². The minimum Gasteiger partial charge on any atom is -0.384 e. The molecule has 20 heavy (non-hydrogen) atoms. The topological polar surface area (TPSA) is 46.2 Å². The van der Waals surface area contributed by atoms with Crippen molar-refractivity contribution in [2.75, 3.05) is 6.54 Å². The fraction of sp³-hybridized carbons (Fsp3) is 0.333. The zero-order valence-corrected chi connectivity index (χ0v) is 11.8. The van der Waals surface area contributed by atoms with E-state index in [0.29, 0.717) is 6.54 Å². The Morgan fingerprint density at radius 3 is 1.95 bits per heavy atom. The minimum absolute atomic E-state index is 0.216. The third-order valence-corrected chi connectivity index (χ3v) is 4.48. The highest BCUT2D eigenvalue weighted by molar-refractivity contribution is 5.37. The third kappa shape index (κ3) is 2.37. The number of hydrogen-bond acceptors (Lipinski definition) is 2. The van der Waals surface area contributed by atoms with Crippen LogP contribution in [0.4, 0.5) is 0 Å². The zero-order chi connectivity index (χ0) is 14.2. The maximum atomic E-state index is 10.4. The van der Waals surface area contributed by atoms with Gasteiger partial charge in [0, 0.05) is 12.0 Å². The van der Waals surface area contributed by atoms with Gasteiger partial charge in [0.2, 0.25) is 0 Å². The van der Waals surface area contributed by atoms with E-state index in [4.69, 9.17) is 5.73 Å². The van der Waals surface area contributed by atoms with Crippen molar-refractivity contribution >= 4 is 0 Å². The lowest BCUT2D eigenvalue weighted by molar-refractivity contribution is 0.220. The van der Waals surface area contributed by atoms with Crippen LogP contribution in [0.15, 0.2) is 48.5 Å². The van der Waals surface area contributed by atoms with Crippen molar-refractivity contribution in [3.63, 3.8) is 0 Å². The lowest BCUT2D eigenvalue weighted by atomic mass is 9.93. The first-order chi connectivity index (χ1) is 9.64.